The average Bonchev–Trinajstić information content (AvgIpc) is 2.83. The fourth-order valence-electron chi connectivity index (χ4n) is 3.26. The molecule has 7 heteroatoms. The van der Waals surface area contributed by atoms with Crippen molar-refractivity contribution in [2.24, 2.45) is 5.10 Å². The summed E-state index contributed by atoms with van der Waals surface area (Å²) < 4.78 is 5.89. The van der Waals surface area contributed by atoms with Gasteiger partial charge < -0.3 is 4.74 Å². The molecule has 4 aromatic rings. The predicted octanol–water partition coefficient (Wildman–Crippen LogP) is 4.64. The van der Waals surface area contributed by atoms with E-state index < -0.39 is 5.56 Å². The van der Waals surface area contributed by atoms with E-state index in [9.17, 15) is 10.1 Å². The number of anilines is 1. The van der Waals surface area contributed by atoms with Crippen LogP contribution in [0.5, 0.6) is 5.75 Å². The van der Waals surface area contributed by atoms with Crippen LogP contribution in [0.4, 0.5) is 5.95 Å². The summed E-state index contributed by atoms with van der Waals surface area (Å²) >= 11 is 0. The molecule has 0 atom stereocenters. The van der Waals surface area contributed by atoms with Crippen molar-refractivity contribution in [3.63, 3.8) is 0 Å². The minimum Gasteiger partial charge on any atom is -0.489 e. The molecule has 7 nitrogen and oxygen atoms in total. The van der Waals surface area contributed by atoms with Crippen LogP contribution in [-0.2, 0) is 6.61 Å². The second-order valence-electron chi connectivity index (χ2n) is 7.34. The highest BCUT2D eigenvalue weighted by Crippen LogP contribution is 2.19. The van der Waals surface area contributed by atoms with Gasteiger partial charge in [-0.1, -0.05) is 72.3 Å². The van der Waals surface area contributed by atoms with Crippen molar-refractivity contribution in [3.05, 3.63) is 111 Å². The summed E-state index contributed by atoms with van der Waals surface area (Å²) in [7, 11) is 0. The molecule has 0 aliphatic heterocycles. The summed E-state index contributed by atoms with van der Waals surface area (Å²) in [5.41, 5.74) is 6.22. The highest BCUT2D eigenvalue weighted by molar-refractivity contribution is 5.80. The van der Waals surface area contributed by atoms with Crippen molar-refractivity contribution in [2.45, 2.75) is 13.5 Å². The van der Waals surface area contributed by atoms with Crippen LogP contribution < -0.4 is 15.7 Å². The number of ether oxygens (including phenoxy) is 1. The third-order valence-electron chi connectivity index (χ3n) is 4.81. The Morgan fingerprint density at radius 1 is 1.09 bits per heavy atom. The number of H-pyrrole nitrogens is 1. The zero-order valence-corrected chi connectivity index (χ0v) is 17.9. The Kier molecular flexibility index (Phi) is 6.57. The number of aryl methyl sites for hydroxylation is 1. The molecule has 0 saturated carbocycles. The summed E-state index contributed by atoms with van der Waals surface area (Å²) in [4.78, 5) is 19.2. The number of aromatic amines is 1. The quantitative estimate of drug-likeness (QED) is 0.325. The molecule has 0 amide bonds. The molecule has 0 fully saturated rings. The summed E-state index contributed by atoms with van der Waals surface area (Å²) in [6, 6.07) is 26.7. The van der Waals surface area contributed by atoms with Crippen LogP contribution in [0.25, 0.3) is 11.3 Å². The van der Waals surface area contributed by atoms with Crippen LogP contribution in [0.2, 0.25) is 0 Å². The Balaban J connectivity index is 1.47. The molecule has 2 N–H and O–H groups in total. The van der Waals surface area contributed by atoms with Crippen molar-refractivity contribution in [1.29, 1.82) is 5.26 Å². The zero-order chi connectivity index (χ0) is 23.0. The first kappa shape index (κ1) is 21.5. The standard InChI is InChI=1S/C26H21N5O2/c1-18-7-5-9-20(13-18)17-33-22-12-6-8-19(14-22)16-28-31-26-29-24(21-10-3-2-4-11-21)23(15-27)25(32)30-26/h2-14,16H,17H2,1H3,(H2,29,30,31,32). The molecule has 0 unspecified atom stereocenters. The third kappa shape index (κ3) is 5.51. The number of hydrogen-bond donors (Lipinski definition) is 2. The molecule has 0 saturated heterocycles. The number of hydrazone groups is 1. The first-order chi connectivity index (χ1) is 16.1. The lowest BCUT2D eigenvalue weighted by atomic mass is 10.1. The second kappa shape index (κ2) is 10.1. The van der Waals surface area contributed by atoms with Crippen molar-refractivity contribution in [3.8, 4) is 23.1 Å². The van der Waals surface area contributed by atoms with Gasteiger partial charge in [0.25, 0.3) is 5.56 Å². The average molecular weight is 435 g/mol. The Morgan fingerprint density at radius 3 is 2.70 bits per heavy atom. The maximum absolute atomic E-state index is 12.3. The lowest BCUT2D eigenvalue weighted by Gasteiger charge is -2.08. The fourth-order valence-corrected chi connectivity index (χ4v) is 3.26. The molecule has 0 aliphatic rings. The smallest absolute Gasteiger partial charge is 0.270 e. The van der Waals surface area contributed by atoms with Crippen LogP contribution in [0.15, 0.2) is 88.8 Å². The molecule has 3 aromatic carbocycles. The van der Waals surface area contributed by atoms with E-state index in [0.717, 1.165) is 16.9 Å². The first-order valence-corrected chi connectivity index (χ1v) is 10.3. The number of benzene rings is 3. The van der Waals surface area contributed by atoms with E-state index in [-0.39, 0.29) is 11.5 Å². The van der Waals surface area contributed by atoms with Gasteiger partial charge in [-0.3, -0.25) is 9.78 Å². The molecule has 0 aliphatic carbocycles. The zero-order valence-electron chi connectivity index (χ0n) is 17.9. The molecule has 1 aromatic heterocycles. The number of nitriles is 1. The molecular weight excluding hydrogens is 414 g/mol. The van der Waals surface area contributed by atoms with Crippen LogP contribution in [0.1, 0.15) is 22.3 Å². The van der Waals surface area contributed by atoms with Gasteiger partial charge in [0.05, 0.1) is 11.9 Å². The van der Waals surface area contributed by atoms with Gasteiger partial charge in [-0.2, -0.15) is 10.4 Å². The number of hydrogen-bond acceptors (Lipinski definition) is 6. The van der Waals surface area contributed by atoms with Gasteiger partial charge in [0.2, 0.25) is 5.95 Å². The van der Waals surface area contributed by atoms with Crippen molar-refractivity contribution < 1.29 is 4.74 Å². The SMILES string of the molecule is Cc1cccc(COc2cccc(C=NNc3nc(-c4ccccc4)c(C#N)c(=O)[nH]3)c2)c1. The van der Waals surface area contributed by atoms with Gasteiger partial charge in [0.1, 0.15) is 24.0 Å². The van der Waals surface area contributed by atoms with Crippen molar-refractivity contribution in [2.75, 3.05) is 5.43 Å². The first-order valence-electron chi connectivity index (χ1n) is 10.3. The largest absolute Gasteiger partial charge is 0.489 e. The number of aromatic nitrogens is 2. The van der Waals surface area contributed by atoms with Crippen molar-refractivity contribution in [1.82, 2.24) is 9.97 Å². The van der Waals surface area contributed by atoms with Gasteiger partial charge in [-0.25, -0.2) is 10.4 Å². The topological polar surface area (TPSA) is 103 Å². The molecule has 0 spiro atoms. The van der Waals surface area contributed by atoms with Crippen LogP contribution in [0.3, 0.4) is 0 Å². The van der Waals surface area contributed by atoms with E-state index in [1.165, 1.54) is 5.56 Å². The number of nitrogens with zero attached hydrogens (tertiary/aromatic N) is 3. The molecule has 0 radical (unpaired) electrons. The van der Waals surface area contributed by atoms with Gasteiger partial charge in [0, 0.05) is 5.56 Å². The lowest BCUT2D eigenvalue weighted by Crippen LogP contribution is -2.16. The van der Waals surface area contributed by atoms with Gasteiger partial charge >= 0.3 is 0 Å². The Labute approximate surface area is 191 Å². The van der Waals surface area contributed by atoms with E-state index in [4.69, 9.17) is 4.74 Å². The minimum absolute atomic E-state index is 0.0470. The van der Waals surface area contributed by atoms with E-state index >= 15 is 0 Å². The van der Waals surface area contributed by atoms with E-state index in [1.807, 2.05) is 73.7 Å². The van der Waals surface area contributed by atoms with Crippen molar-refractivity contribution >= 4 is 12.2 Å². The fraction of sp³-hybridized carbons (Fsp3) is 0.0769. The van der Waals surface area contributed by atoms with E-state index in [1.54, 1.807) is 18.3 Å². The molecule has 0 bridgehead atoms. The molecule has 162 valence electrons. The number of nitrogens with one attached hydrogen (secondary N) is 2. The highest BCUT2D eigenvalue weighted by atomic mass is 16.5. The van der Waals surface area contributed by atoms with Crippen LogP contribution >= 0.6 is 0 Å². The third-order valence-corrected chi connectivity index (χ3v) is 4.81. The van der Waals surface area contributed by atoms with Crippen LogP contribution in [0, 0.1) is 18.3 Å². The summed E-state index contributed by atoms with van der Waals surface area (Å²) in [5, 5.41) is 13.5. The Morgan fingerprint density at radius 2 is 1.91 bits per heavy atom. The number of rotatable bonds is 7. The maximum Gasteiger partial charge on any atom is 0.270 e. The maximum atomic E-state index is 12.3. The second-order valence-corrected chi connectivity index (χ2v) is 7.34. The summed E-state index contributed by atoms with van der Waals surface area (Å²) in [6.07, 6.45) is 1.60. The van der Waals surface area contributed by atoms with Gasteiger partial charge in [0.15, 0.2) is 0 Å². The Hall–Kier alpha value is -4.70. The molecule has 33 heavy (non-hydrogen) atoms. The Bertz CT molecular complexity index is 1390. The highest BCUT2D eigenvalue weighted by Gasteiger charge is 2.12. The molecular formula is C26H21N5O2. The predicted molar refractivity (Wildman–Crippen MR) is 128 cm³/mol. The minimum atomic E-state index is -0.532. The molecule has 4 rings (SSSR count). The molecule has 1 heterocycles. The van der Waals surface area contributed by atoms with Crippen LogP contribution in [-0.4, -0.2) is 16.2 Å². The summed E-state index contributed by atoms with van der Waals surface area (Å²) in [6.45, 7) is 2.52. The monoisotopic (exact) mass is 435 g/mol. The van der Waals surface area contributed by atoms with Gasteiger partial charge in [-0.05, 0) is 30.2 Å². The van der Waals surface area contributed by atoms with Gasteiger partial charge in [-0.15, -0.1) is 0 Å². The van der Waals surface area contributed by atoms with E-state index in [2.05, 4.69) is 26.6 Å². The summed E-state index contributed by atoms with van der Waals surface area (Å²) in [5.74, 6) is 0.859. The normalized spacial score (nSPS) is 10.7. The van der Waals surface area contributed by atoms with E-state index in [0.29, 0.717) is 17.9 Å². The lowest BCUT2D eigenvalue weighted by molar-refractivity contribution is 0.306.